The van der Waals surface area contributed by atoms with E-state index in [0.29, 0.717) is 11.2 Å². The molecule has 0 atom stereocenters. The summed E-state index contributed by atoms with van der Waals surface area (Å²) in [5.41, 5.74) is 5.69. The number of hydrogen-bond donors (Lipinski definition) is 2. The van der Waals surface area contributed by atoms with Crippen LogP contribution in [0.1, 0.15) is 19.8 Å². The van der Waals surface area contributed by atoms with Crippen molar-refractivity contribution < 1.29 is 4.92 Å². The molecule has 3 N–H and O–H groups in total. The molecule has 6 heteroatoms. The molecule has 1 aromatic heterocycles. The van der Waals surface area contributed by atoms with E-state index in [1.165, 1.54) is 18.9 Å². The SMILES string of the molecule is CC1(CNc2ccc([N+](=O)[O-])c(N)n2)CC1. The summed E-state index contributed by atoms with van der Waals surface area (Å²) in [6.45, 7) is 3.02. The predicted molar refractivity (Wildman–Crippen MR) is 61.1 cm³/mol. The van der Waals surface area contributed by atoms with Crippen LogP contribution in [-0.2, 0) is 0 Å². The van der Waals surface area contributed by atoms with Gasteiger partial charge in [-0.2, -0.15) is 0 Å². The van der Waals surface area contributed by atoms with Crippen LogP contribution in [0.4, 0.5) is 17.3 Å². The maximum absolute atomic E-state index is 10.5. The second-order valence-corrected chi connectivity index (χ2v) is 4.52. The maximum Gasteiger partial charge on any atom is 0.311 e. The minimum atomic E-state index is -0.533. The summed E-state index contributed by atoms with van der Waals surface area (Å²) in [6, 6.07) is 2.96. The molecule has 6 nitrogen and oxygen atoms in total. The maximum atomic E-state index is 10.5. The van der Waals surface area contributed by atoms with E-state index in [4.69, 9.17) is 5.73 Å². The Morgan fingerprint density at radius 1 is 1.62 bits per heavy atom. The van der Waals surface area contributed by atoms with E-state index < -0.39 is 4.92 Å². The number of nitrogens with two attached hydrogens (primary N) is 1. The van der Waals surface area contributed by atoms with E-state index >= 15 is 0 Å². The van der Waals surface area contributed by atoms with E-state index in [1.807, 2.05) is 0 Å². The highest BCUT2D eigenvalue weighted by molar-refractivity contribution is 5.57. The third-order valence-corrected chi connectivity index (χ3v) is 2.90. The van der Waals surface area contributed by atoms with Gasteiger partial charge in [-0.3, -0.25) is 10.1 Å². The number of nitrogens with one attached hydrogen (secondary N) is 1. The van der Waals surface area contributed by atoms with E-state index in [2.05, 4.69) is 17.2 Å². The van der Waals surface area contributed by atoms with Crippen molar-refractivity contribution in [2.45, 2.75) is 19.8 Å². The molecule has 2 rings (SSSR count). The Kier molecular flexibility index (Phi) is 2.41. The van der Waals surface area contributed by atoms with Crippen LogP contribution in [-0.4, -0.2) is 16.5 Å². The van der Waals surface area contributed by atoms with Crippen LogP contribution in [0.5, 0.6) is 0 Å². The van der Waals surface area contributed by atoms with Crippen molar-refractivity contribution in [3.05, 3.63) is 22.2 Å². The molecule has 1 heterocycles. The van der Waals surface area contributed by atoms with Crippen molar-refractivity contribution in [3.63, 3.8) is 0 Å². The monoisotopic (exact) mass is 222 g/mol. The Bertz CT molecular complexity index is 429. The summed E-state index contributed by atoms with van der Waals surface area (Å²) in [4.78, 5) is 13.9. The number of rotatable bonds is 4. The summed E-state index contributed by atoms with van der Waals surface area (Å²) in [7, 11) is 0. The number of nitro groups is 1. The van der Waals surface area contributed by atoms with Gasteiger partial charge in [0.1, 0.15) is 5.82 Å². The number of pyridine rings is 1. The summed E-state index contributed by atoms with van der Waals surface area (Å²) >= 11 is 0. The quantitative estimate of drug-likeness (QED) is 0.598. The molecule has 1 fully saturated rings. The lowest BCUT2D eigenvalue weighted by Gasteiger charge is -2.10. The van der Waals surface area contributed by atoms with Crippen LogP contribution < -0.4 is 11.1 Å². The van der Waals surface area contributed by atoms with Crippen molar-refractivity contribution in [2.24, 2.45) is 5.41 Å². The van der Waals surface area contributed by atoms with Crippen molar-refractivity contribution in [1.82, 2.24) is 4.98 Å². The Hall–Kier alpha value is -1.85. The molecule has 0 aliphatic heterocycles. The molecule has 0 spiro atoms. The van der Waals surface area contributed by atoms with Crippen LogP contribution in [0.25, 0.3) is 0 Å². The van der Waals surface area contributed by atoms with Gasteiger partial charge in [-0.25, -0.2) is 4.98 Å². The molecule has 1 saturated carbocycles. The zero-order chi connectivity index (χ0) is 11.8. The van der Waals surface area contributed by atoms with Gasteiger partial charge in [-0.1, -0.05) is 6.92 Å². The van der Waals surface area contributed by atoms with Gasteiger partial charge in [0.2, 0.25) is 5.82 Å². The van der Waals surface area contributed by atoms with Gasteiger partial charge >= 0.3 is 5.69 Å². The number of aromatic nitrogens is 1. The first-order valence-electron chi connectivity index (χ1n) is 5.15. The topological polar surface area (TPSA) is 94.1 Å². The standard InChI is InChI=1S/C10H14N4O2/c1-10(4-5-10)6-12-8-3-2-7(14(15)16)9(11)13-8/h2-3H,4-6H2,1H3,(H3,11,12,13). The van der Waals surface area contributed by atoms with Gasteiger partial charge in [0.25, 0.3) is 0 Å². The molecule has 0 saturated heterocycles. The molecule has 0 radical (unpaired) electrons. The van der Waals surface area contributed by atoms with Gasteiger partial charge in [0, 0.05) is 12.6 Å². The molecule has 16 heavy (non-hydrogen) atoms. The highest BCUT2D eigenvalue weighted by atomic mass is 16.6. The first-order chi connectivity index (χ1) is 7.50. The molecule has 1 aliphatic carbocycles. The lowest BCUT2D eigenvalue weighted by molar-refractivity contribution is -0.384. The van der Waals surface area contributed by atoms with Crippen LogP contribution in [0.15, 0.2) is 12.1 Å². The lowest BCUT2D eigenvalue weighted by atomic mass is 10.1. The third-order valence-electron chi connectivity index (χ3n) is 2.90. The summed E-state index contributed by atoms with van der Waals surface area (Å²) in [5, 5.41) is 13.7. The first-order valence-corrected chi connectivity index (χ1v) is 5.15. The average molecular weight is 222 g/mol. The van der Waals surface area contributed by atoms with E-state index in [0.717, 1.165) is 6.54 Å². The fraction of sp³-hybridized carbons (Fsp3) is 0.500. The van der Waals surface area contributed by atoms with Gasteiger partial charge < -0.3 is 11.1 Å². The normalized spacial score (nSPS) is 16.8. The summed E-state index contributed by atoms with van der Waals surface area (Å²) < 4.78 is 0. The molecular weight excluding hydrogens is 208 g/mol. The third kappa shape index (κ3) is 2.21. The Morgan fingerprint density at radius 3 is 2.81 bits per heavy atom. The fourth-order valence-corrected chi connectivity index (χ4v) is 1.41. The van der Waals surface area contributed by atoms with Gasteiger partial charge in [0.05, 0.1) is 4.92 Å². The highest BCUT2D eigenvalue weighted by Gasteiger charge is 2.36. The molecule has 0 aromatic carbocycles. The summed E-state index contributed by atoms with van der Waals surface area (Å²) in [5.74, 6) is 0.548. The second-order valence-electron chi connectivity index (χ2n) is 4.52. The van der Waals surface area contributed by atoms with E-state index in [-0.39, 0.29) is 11.5 Å². The summed E-state index contributed by atoms with van der Waals surface area (Å²) in [6.07, 6.45) is 2.42. The smallest absolute Gasteiger partial charge is 0.311 e. The number of nitrogens with zero attached hydrogens (tertiary/aromatic N) is 2. The molecule has 1 aromatic rings. The highest BCUT2D eigenvalue weighted by Crippen LogP contribution is 2.44. The van der Waals surface area contributed by atoms with Crippen molar-refractivity contribution in [1.29, 1.82) is 0 Å². The van der Waals surface area contributed by atoms with Crippen molar-refractivity contribution in [2.75, 3.05) is 17.6 Å². The Labute approximate surface area is 93.0 Å². The zero-order valence-corrected chi connectivity index (χ0v) is 9.06. The van der Waals surface area contributed by atoms with Crippen LogP contribution in [0.3, 0.4) is 0 Å². The minimum Gasteiger partial charge on any atom is -0.378 e. The molecule has 86 valence electrons. The van der Waals surface area contributed by atoms with Crippen molar-refractivity contribution >= 4 is 17.3 Å². The van der Waals surface area contributed by atoms with Gasteiger partial charge in [-0.15, -0.1) is 0 Å². The van der Waals surface area contributed by atoms with E-state index in [1.54, 1.807) is 6.07 Å². The molecule has 0 unspecified atom stereocenters. The molecule has 0 amide bonds. The molecular formula is C10H14N4O2. The van der Waals surface area contributed by atoms with Crippen LogP contribution in [0.2, 0.25) is 0 Å². The Balaban J connectivity index is 2.05. The number of hydrogen-bond acceptors (Lipinski definition) is 5. The van der Waals surface area contributed by atoms with E-state index in [9.17, 15) is 10.1 Å². The average Bonchev–Trinajstić information content (AvgIpc) is 2.94. The molecule has 0 bridgehead atoms. The van der Waals surface area contributed by atoms with Crippen molar-refractivity contribution in [3.8, 4) is 0 Å². The minimum absolute atomic E-state index is 0.0454. The van der Waals surface area contributed by atoms with Crippen LogP contribution >= 0.6 is 0 Å². The number of anilines is 2. The Morgan fingerprint density at radius 2 is 2.31 bits per heavy atom. The zero-order valence-electron chi connectivity index (χ0n) is 9.06. The van der Waals surface area contributed by atoms with Gasteiger partial charge in [-0.05, 0) is 24.3 Å². The lowest BCUT2D eigenvalue weighted by Crippen LogP contribution is -2.13. The van der Waals surface area contributed by atoms with Crippen LogP contribution in [0, 0.1) is 15.5 Å². The first kappa shape index (κ1) is 10.7. The largest absolute Gasteiger partial charge is 0.378 e. The van der Waals surface area contributed by atoms with Gasteiger partial charge in [0.15, 0.2) is 0 Å². The fourth-order valence-electron chi connectivity index (χ4n) is 1.41. The predicted octanol–water partition coefficient (Wildman–Crippen LogP) is 1.78. The molecule has 1 aliphatic rings. The second kappa shape index (κ2) is 3.62. The number of nitrogen functional groups attached to an aromatic ring is 1.